The van der Waals surface area contributed by atoms with Gasteiger partial charge in [-0.3, -0.25) is 9.59 Å². The van der Waals surface area contributed by atoms with E-state index in [1.807, 2.05) is 0 Å². The number of carbonyl (C=O) groups is 2. The Morgan fingerprint density at radius 2 is 0.885 bits per heavy atom. The van der Waals surface area contributed by atoms with Gasteiger partial charge in [-0.15, -0.1) is 0 Å². The maximum absolute atomic E-state index is 12.3. The minimum Gasteiger partial charge on any atom is -0.366 e. The molecular weight excluding hydrogens is 732 g/mol. The smallest absolute Gasteiger partial charge is 0.250 e. The van der Waals surface area contributed by atoms with Crippen LogP contribution in [0.5, 0.6) is 0 Å². The van der Waals surface area contributed by atoms with Crippen molar-refractivity contribution in [2.24, 2.45) is 11.5 Å². The second-order valence-corrected chi connectivity index (χ2v) is 9.80. The van der Waals surface area contributed by atoms with Crippen LogP contribution in [0.2, 0.25) is 0 Å². The van der Waals surface area contributed by atoms with Crippen molar-refractivity contribution in [2.75, 3.05) is 0 Å². The normalized spacial score (nSPS) is 11.9. The van der Waals surface area contributed by atoms with Crippen LogP contribution in [0, 0.1) is 0 Å². The Kier molecular flexibility index (Phi) is 7.72. The van der Waals surface area contributed by atoms with Crippen molar-refractivity contribution in [3.8, 4) is 0 Å². The molecule has 2 rings (SSSR count). The molecule has 0 aliphatic rings. The van der Waals surface area contributed by atoms with Gasteiger partial charge < -0.3 is 11.5 Å². The monoisotopic (exact) mass is 734 g/mol. The molecule has 0 atom stereocenters. The summed E-state index contributed by atoms with van der Waals surface area (Å²) in [6.07, 6.45) is 0. The highest BCUT2D eigenvalue weighted by Crippen LogP contribution is 2.42. The molecule has 0 spiro atoms. The molecule has 4 nitrogen and oxygen atoms in total. The summed E-state index contributed by atoms with van der Waals surface area (Å²) in [5.41, 5.74) is 12.2. The fourth-order valence-electron chi connectivity index (χ4n) is 2.22. The van der Waals surface area contributed by atoms with Crippen LogP contribution < -0.4 is 11.5 Å². The zero-order valence-electron chi connectivity index (χ0n) is 12.5. The van der Waals surface area contributed by atoms with Gasteiger partial charge in [0.15, 0.2) is 0 Å². The van der Waals surface area contributed by atoms with E-state index in [2.05, 4.69) is 95.6 Å². The number of carbonyl (C=O) groups excluding carboxylic acids is 2. The molecule has 0 saturated heterocycles. The first-order chi connectivity index (χ1) is 12.1. The van der Waals surface area contributed by atoms with Crippen LogP contribution in [0.1, 0.15) is 11.1 Å². The molecular formula is C16H8Br6N2O2. The van der Waals surface area contributed by atoms with Crippen molar-refractivity contribution in [1.82, 2.24) is 0 Å². The number of rotatable bonds is 4. The van der Waals surface area contributed by atoms with E-state index in [4.69, 9.17) is 11.5 Å². The predicted octanol–water partition coefficient (Wildman–Crippen LogP) is 6.14. The first-order valence-corrected chi connectivity index (χ1v) is 11.4. The lowest BCUT2D eigenvalue weighted by atomic mass is 9.93. The SMILES string of the molecule is NC(=O)C(=C(C(N)=O)c1ccc(Br)c(Br)c1Br)c1ccc(Br)c(Br)c1Br. The Bertz CT molecular complexity index is 894. The molecule has 0 fully saturated rings. The van der Waals surface area contributed by atoms with Gasteiger partial charge in [-0.1, -0.05) is 12.1 Å². The summed E-state index contributed by atoms with van der Waals surface area (Å²) in [4.78, 5) is 24.6. The van der Waals surface area contributed by atoms with E-state index in [-0.39, 0.29) is 11.1 Å². The molecule has 0 unspecified atom stereocenters. The van der Waals surface area contributed by atoms with Gasteiger partial charge in [0.1, 0.15) is 0 Å². The molecule has 0 bridgehead atoms. The van der Waals surface area contributed by atoms with Crippen molar-refractivity contribution in [1.29, 1.82) is 0 Å². The van der Waals surface area contributed by atoms with Crippen LogP contribution in [0.25, 0.3) is 11.1 Å². The minimum atomic E-state index is -0.778. The van der Waals surface area contributed by atoms with E-state index in [9.17, 15) is 9.59 Å². The van der Waals surface area contributed by atoms with Crippen LogP contribution in [-0.2, 0) is 9.59 Å². The predicted molar refractivity (Wildman–Crippen MR) is 124 cm³/mol. The maximum atomic E-state index is 12.3. The van der Waals surface area contributed by atoms with E-state index in [1.54, 1.807) is 24.3 Å². The van der Waals surface area contributed by atoms with Crippen LogP contribution in [-0.4, -0.2) is 11.8 Å². The second-order valence-electron chi connectivity index (χ2n) is 4.92. The van der Waals surface area contributed by atoms with E-state index in [0.29, 0.717) is 29.0 Å². The average molecular weight is 740 g/mol. The van der Waals surface area contributed by atoms with Gasteiger partial charge in [-0.05, 0) is 108 Å². The lowest BCUT2D eigenvalue weighted by molar-refractivity contribution is -0.114. The molecule has 0 aliphatic heterocycles. The first kappa shape index (κ1) is 22.3. The zero-order valence-corrected chi connectivity index (χ0v) is 22.1. The van der Waals surface area contributed by atoms with Crippen LogP contribution in [0.3, 0.4) is 0 Å². The maximum Gasteiger partial charge on any atom is 0.250 e. The van der Waals surface area contributed by atoms with Crippen molar-refractivity contribution < 1.29 is 9.59 Å². The number of hydrogen-bond donors (Lipinski definition) is 2. The van der Waals surface area contributed by atoms with Crippen molar-refractivity contribution in [2.45, 2.75) is 0 Å². The van der Waals surface area contributed by atoms with E-state index in [1.165, 1.54) is 0 Å². The highest BCUT2D eigenvalue weighted by molar-refractivity contribution is 9.15. The molecule has 0 saturated carbocycles. The summed E-state index contributed by atoms with van der Waals surface area (Å²) in [5.74, 6) is -1.56. The highest BCUT2D eigenvalue weighted by atomic mass is 79.9. The standard InChI is InChI=1S/C16H8Br6N2O2/c17-7-3-1-5(11(19)13(7)21)9(15(23)25)10(16(24)26)6-2-4-8(18)14(22)12(6)20/h1-4H,(H2,23,25)(H2,24,26). The Morgan fingerprint density at radius 1 is 0.577 bits per heavy atom. The van der Waals surface area contributed by atoms with Crippen LogP contribution >= 0.6 is 95.6 Å². The van der Waals surface area contributed by atoms with Gasteiger partial charge in [0.2, 0.25) is 11.8 Å². The molecule has 4 N–H and O–H groups in total. The fraction of sp³-hybridized carbons (Fsp3) is 0. The van der Waals surface area contributed by atoms with Crippen molar-refractivity contribution in [3.05, 3.63) is 62.2 Å². The third kappa shape index (κ3) is 4.35. The molecule has 0 aliphatic carbocycles. The Hall–Kier alpha value is 0.000000000000000222. The Balaban J connectivity index is 2.97. The average Bonchev–Trinajstić information content (AvgIpc) is 2.57. The molecule has 2 aromatic carbocycles. The molecule has 0 heterocycles. The molecule has 26 heavy (non-hydrogen) atoms. The highest BCUT2D eigenvalue weighted by Gasteiger charge is 2.26. The molecule has 2 aromatic rings. The molecule has 136 valence electrons. The molecule has 0 radical (unpaired) electrons. The summed E-state index contributed by atoms with van der Waals surface area (Å²) >= 11 is 20.5. The van der Waals surface area contributed by atoms with Gasteiger partial charge in [-0.2, -0.15) is 0 Å². The number of nitrogens with two attached hydrogens (primary N) is 2. The number of amides is 2. The summed E-state index contributed by atoms with van der Waals surface area (Å²) in [7, 11) is 0. The van der Waals surface area contributed by atoms with Crippen molar-refractivity contribution in [3.63, 3.8) is 0 Å². The topological polar surface area (TPSA) is 86.2 Å². The summed E-state index contributed by atoms with van der Waals surface area (Å²) in [6.45, 7) is 0. The lowest BCUT2D eigenvalue weighted by Crippen LogP contribution is -2.22. The van der Waals surface area contributed by atoms with Crippen LogP contribution in [0.15, 0.2) is 51.1 Å². The largest absolute Gasteiger partial charge is 0.366 e. The van der Waals surface area contributed by atoms with E-state index in [0.717, 1.165) is 8.95 Å². The van der Waals surface area contributed by atoms with Crippen molar-refractivity contribution >= 4 is 119 Å². The molecule has 0 aromatic heterocycles. The first-order valence-electron chi connectivity index (χ1n) is 6.69. The second kappa shape index (κ2) is 9.00. The van der Waals surface area contributed by atoms with E-state index >= 15 is 0 Å². The summed E-state index contributed by atoms with van der Waals surface area (Å²) in [6, 6.07) is 6.81. The quantitative estimate of drug-likeness (QED) is 0.224. The minimum absolute atomic E-state index is 0.00694. The Morgan fingerprint density at radius 3 is 1.15 bits per heavy atom. The van der Waals surface area contributed by atoms with Gasteiger partial charge in [0, 0.05) is 38.0 Å². The molecule has 2 amide bonds. The Labute approximate surface area is 199 Å². The summed E-state index contributed by atoms with van der Waals surface area (Å²) in [5, 5.41) is 0. The van der Waals surface area contributed by atoms with Gasteiger partial charge in [0.05, 0.1) is 11.1 Å². The number of halogens is 6. The number of hydrogen-bond acceptors (Lipinski definition) is 2. The summed E-state index contributed by atoms with van der Waals surface area (Å²) < 4.78 is 4.01. The van der Waals surface area contributed by atoms with Gasteiger partial charge in [-0.25, -0.2) is 0 Å². The third-order valence-corrected chi connectivity index (χ3v) is 10.1. The van der Waals surface area contributed by atoms with E-state index < -0.39 is 11.8 Å². The lowest BCUT2D eigenvalue weighted by Gasteiger charge is -2.16. The van der Waals surface area contributed by atoms with Gasteiger partial charge >= 0.3 is 0 Å². The number of primary amides is 2. The van der Waals surface area contributed by atoms with Crippen LogP contribution in [0.4, 0.5) is 0 Å². The third-order valence-electron chi connectivity index (χ3n) is 3.35. The van der Waals surface area contributed by atoms with Gasteiger partial charge in [0.25, 0.3) is 0 Å². The zero-order chi connectivity index (χ0) is 19.8. The number of benzene rings is 2. The molecule has 10 heteroatoms. The fourth-order valence-corrected chi connectivity index (χ4v) is 5.19.